The number of rotatable bonds is 4. The van der Waals surface area contributed by atoms with E-state index in [2.05, 4.69) is 15.4 Å². The molecule has 0 spiro atoms. The van der Waals surface area contributed by atoms with Crippen molar-refractivity contribution in [3.8, 4) is 0 Å². The summed E-state index contributed by atoms with van der Waals surface area (Å²) >= 11 is 5.88. The van der Waals surface area contributed by atoms with Crippen LogP contribution < -0.4 is 5.32 Å². The highest BCUT2D eigenvalue weighted by Gasteiger charge is 2.36. The fourth-order valence-corrected chi connectivity index (χ4v) is 2.91. The summed E-state index contributed by atoms with van der Waals surface area (Å²) < 4.78 is 1.70. The molecule has 6 nitrogen and oxygen atoms in total. The number of aryl methyl sites for hydroxylation is 1. The number of nitrogens with zero attached hydrogens (tertiary/aromatic N) is 3. The molecule has 0 bridgehead atoms. The number of aliphatic hydroxyl groups excluding tert-OH is 1. The second-order valence-corrected chi connectivity index (χ2v) is 6.11. The van der Waals surface area contributed by atoms with Crippen molar-refractivity contribution >= 4 is 17.5 Å². The molecule has 0 aliphatic heterocycles. The summed E-state index contributed by atoms with van der Waals surface area (Å²) in [6.07, 6.45) is 7.66. The fraction of sp³-hybridized carbons (Fsp3) is 0.400. The highest BCUT2D eigenvalue weighted by molar-refractivity contribution is 6.30. The third-order valence-corrected chi connectivity index (χ3v) is 4.17. The minimum atomic E-state index is -0.283. The average molecular weight is 321 g/mol. The summed E-state index contributed by atoms with van der Waals surface area (Å²) in [5, 5.41) is 17.1. The predicted molar refractivity (Wildman–Crippen MR) is 81.4 cm³/mol. The minimum absolute atomic E-state index is 0.177. The van der Waals surface area contributed by atoms with Gasteiger partial charge in [-0.05, 0) is 24.8 Å². The number of hydrogen-bond acceptors (Lipinski definition) is 4. The van der Waals surface area contributed by atoms with Crippen LogP contribution in [0.3, 0.4) is 0 Å². The number of nitrogens with one attached hydrogen (secondary N) is 1. The van der Waals surface area contributed by atoms with Crippen LogP contribution in [-0.2, 0) is 7.05 Å². The summed E-state index contributed by atoms with van der Waals surface area (Å²) in [6.45, 7) is 0. The average Bonchev–Trinajstić information content (AvgIpc) is 2.88. The van der Waals surface area contributed by atoms with Crippen LogP contribution in [0.1, 0.15) is 34.8 Å². The maximum absolute atomic E-state index is 12.4. The molecule has 2 heterocycles. The first-order valence-corrected chi connectivity index (χ1v) is 7.49. The molecular weight excluding hydrogens is 304 g/mol. The van der Waals surface area contributed by atoms with Crippen LogP contribution in [0.5, 0.6) is 0 Å². The smallest absolute Gasteiger partial charge is 0.253 e. The summed E-state index contributed by atoms with van der Waals surface area (Å²) in [5.74, 6) is -0.0273. The molecule has 0 radical (unpaired) electrons. The van der Waals surface area contributed by atoms with Gasteiger partial charge in [0.2, 0.25) is 0 Å². The highest BCUT2D eigenvalue weighted by Crippen LogP contribution is 2.38. The molecule has 1 unspecified atom stereocenters. The second-order valence-electron chi connectivity index (χ2n) is 5.68. The van der Waals surface area contributed by atoms with Crippen molar-refractivity contribution in [2.24, 2.45) is 13.0 Å². The van der Waals surface area contributed by atoms with Crippen molar-refractivity contribution in [3.05, 3.63) is 47.0 Å². The van der Waals surface area contributed by atoms with Crippen molar-refractivity contribution in [3.63, 3.8) is 0 Å². The number of aliphatic hydroxyl groups is 1. The van der Waals surface area contributed by atoms with Gasteiger partial charge in [0.25, 0.3) is 5.91 Å². The molecular formula is C15H17ClN4O2. The summed E-state index contributed by atoms with van der Waals surface area (Å²) in [7, 11) is 1.83. The lowest BCUT2D eigenvalue weighted by Crippen LogP contribution is -2.41. The number of amides is 1. The van der Waals surface area contributed by atoms with E-state index in [0.717, 1.165) is 5.56 Å². The first-order valence-electron chi connectivity index (χ1n) is 7.11. The Balaban J connectivity index is 1.79. The lowest BCUT2D eigenvalue weighted by Gasteiger charge is -2.37. The SMILES string of the molecule is Cn1cc(C(NC(=O)c2cncc(Cl)c2)C2CC(O)C2)cn1. The molecule has 1 aliphatic rings. The van der Waals surface area contributed by atoms with E-state index in [1.54, 1.807) is 16.9 Å². The van der Waals surface area contributed by atoms with Crippen molar-refractivity contribution in [1.82, 2.24) is 20.1 Å². The lowest BCUT2D eigenvalue weighted by atomic mass is 9.75. The van der Waals surface area contributed by atoms with Crippen LogP contribution in [0.15, 0.2) is 30.9 Å². The summed E-state index contributed by atoms with van der Waals surface area (Å²) in [6, 6.07) is 1.41. The van der Waals surface area contributed by atoms with Gasteiger partial charge in [0.1, 0.15) is 0 Å². The van der Waals surface area contributed by atoms with E-state index in [1.807, 2.05) is 13.2 Å². The van der Waals surface area contributed by atoms with Crippen LogP contribution >= 0.6 is 11.6 Å². The molecule has 1 amide bonds. The summed E-state index contributed by atoms with van der Waals surface area (Å²) in [4.78, 5) is 16.3. The Bertz CT molecular complexity index is 682. The third kappa shape index (κ3) is 3.13. The van der Waals surface area contributed by atoms with Gasteiger partial charge in [-0.3, -0.25) is 14.5 Å². The Morgan fingerprint density at radius 1 is 1.45 bits per heavy atom. The van der Waals surface area contributed by atoms with Crippen LogP contribution in [0, 0.1) is 5.92 Å². The molecule has 0 saturated heterocycles. The van der Waals surface area contributed by atoms with E-state index in [9.17, 15) is 9.90 Å². The zero-order chi connectivity index (χ0) is 15.7. The molecule has 1 atom stereocenters. The lowest BCUT2D eigenvalue weighted by molar-refractivity contribution is 0.0235. The number of pyridine rings is 1. The van der Waals surface area contributed by atoms with Crippen molar-refractivity contribution < 1.29 is 9.90 Å². The monoisotopic (exact) mass is 320 g/mol. The highest BCUT2D eigenvalue weighted by atomic mass is 35.5. The second kappa shape index (κ2) is 6.06. The molecule has 1 aliphatic carbocycles. The number of aromatic nitrogens is 3. The van der Waals surface area contributed by atoms with Crippen molar-refractivity contribution in [2.75, 3.05) is 0 Å². The zero-order valence-corrected chi connectivity index (χ0v) is 12.9. The van der Waals surface area contributed by atoms with Crippen LogP contribution in [-0.4, -0.2) is 31.9 Å². The van der Waals surface area contributed by atoms with Crippen LogP contribution in [0.4, 0.5) is 0 Å². The Labute approximate surface area is 133 Å². The topological polar surface area (TPSA) is 80.0 Å². The van der Waals surface area contributed by atoms with Crippen LogP contribution in [0.2, 0.25) is 5.02 Å². The largest absolute Gasteiger partial charge is 0.393 e. The van der Waals surface area contributed by atoms with E-state index in [4.69, 9.17) is 11.6 Å². The van der Waals surface area contributed by atoms with Gasteiger partial charge in [0, 0.05) is 31.2 Å². The maximum Gasteiger partial charge on any atom is 0.253 e. The van der Waals surface area contributed by atoms with Gasteiger partial charge >= 0.3 is 0 Å². The minimum Gasteiger partial charge on any atom is -0.393 e. The molecule has 2 aromatic rings. The molecule has 2 N–H and O–H groups in total. The standard InChI is InChI=1S/C15H17ClN4O2/c1-20-8-11(6-18-20)14(9-3-13(21)4-9)19-15(22)10-2-12(16)7-17-5-10/h2,5-9,13-14,21H,3-4H2,1H3,(H,19,22). The van der Waals surface area contributed by atoms with E-state index in [1.165, 1.54) is 12.4 Å². The van der Waals surface area contributed by atoms with Crippen molar-refractivity contribution in [2.45, 2.75) is 25.0 Å². The molecule has 1 saturated carbocycles. The molecule has 2 aromatic heterocycles. The third-order valence-electron chi connectivity index (χ3n) is 3.96. The molecule has 7 heteroatoms. The van der Waals surface area contributed by atoms with Gasteiger partial charge in [0.05, 0.1) is 28.9 Å². The summed E-state index contributed by atoms with van der Waals surface area (Å²) in [5.41, 5.74) is 1.35. The number of hydrogen-bond donors (Lipinski definition) is 2. The predicted octanol–water partition coefficient (Wildman–Crippen LogP) is 1.71. The van der Waals surface area contributed by atoms with Gasteiger partial charge in [-0.1, -0.05) is 11.6 Å². The zero-order valence-electron chi connectivity index (χ0n) is 12.1. The van der Waals surface area contributed by atoms with Gasteiger partial charge in [-0.25, -0.2) is 0 Å². The number of carbonyl (C=O) groups excluding carboxylic acids is 1. The van der Waals surface area contributed by atoms with Gasteiger partial charge in [0.15, 0.2) is 0 Å². The van der Waals surface area contributed by atoms with E-state index < -0.39 is 0 Å². The van der Waals surface area contributed by atoms with E-state index in [0.29, 0.717) is 23.4 Å². The quantitative estimate of drug-likeness (QED) is 0.898. The normalized spacial score (nSPS) is 22.0. The Kier molecular flexibility index (Phi) is 4.13. The fourth-order valence-electron chi connectivity index (χ4n) is 2.74. The van der Waals surface area contributed by atoms with Gasteiger partial charge < -0.3 is 10.4 Å². The Morgan fingerprint density at radius 2 is 2.23 bits per heavy atom. The molecule has 0 aromatic carbocycles. The molecule has 3 rings (SSSR count). The number of carbonyl (C=O) groups is 1. The molecule has 22 heavy (non-hydrogen) atoms. The van der Waals surface area contributed by atoms with Crippen molar-refractivity contribution in [1.29, 1.82) is 0 Å². The van der Waals surface area contributed by atoms with Gasteiger partial charge in [-0.2, -0.15) is 5.10 Å². The number of halogens is 1. The Hall–Kier alpha value is -1.92. The van der Waals surface area contributed by atoms with E-state index >= 15 is 0 Å². The molecule has 116 valence electrons. The first kappa shape index (κ1) is 15.0. The van der Waals surface area contributed by atoms with Gasteiger partial charge in [-0.15, -0.1) is 0 Å². The van der Waals surface area contributed by atoms with E-state index in [-0.39, 0.29) is 24.0 Å². The molecule has 1 fully saturated rings. The first-order chi connectivity index (χ1) is 10.5. The van der Waals surface area contributed by atoms with Crippen LogP contribution in [0.25, 0.3) is 0 Å². The Morgan fingerprint density at radius 3 is 2.82 bits per heavy atom. The maximum atomic E-state index is 12.4.